The predicted molar refractivity (Wildman–Crippen MR) is 77.6 cm³/mol. The normalized spacial score (nSPS) is 22.6. The van der Waals surface area contributed by atoms with Gasteiger partial charge < -0.3 is 15.4 Å². The molecule has 1 aliphatic heterocycles. The molecule has 0 bridgehead atoms. The molecule has 5 nitrogen and oxygen atoms in total. The minimum absolute atomic E-state index is 0.349. The number of pyridine rings is 1. The minimum Gasteiger partial charge on any atom is -0.444 e. The Kier molecular flexibility index (Phi) is 4.60. The van der Waals surface area contributed by atoms with Gasteiger partial charge >= 0.3 is 6.09 Å². The van der Waals surface area contributed by atoms with Crippen molar-refractivity contribution in [2.45, 2.75) is 32.3 Å². The second-order valence-corrected chi connectivity index (χ2v) is 6.19. The highest BCUT2D eigenvalue weighted by Crippen LogP contribution is 2.27. The lowest BCUT2D eigenvalue weighted by Gasteiger charge is -2.22. The summed E-state index contributed by atoms with van der Waals surface area (Å²) >= 11 is 0. The zero-order chi connectivity index (χ0) is 14.6. The molecule has 0 spiro atoms. The first kappa shape index (κ1) is 14.8. The molecule has 2 N–H and O–H groups in total. The number of nitrogens with zero attached hydrogens (tertiary/aromatic N) is 1. The fourth-order valence-electron chi connectivity index (χ4n) is 2.48. The van der Waals surface area contributed by atoms with E-state index in [0.717, 1.165) is 13.1 Å². The van der Waals surface area contributed by atoms with E-state index >= 15 is 0 Å². The van der Waals surface area contributed by atoms with Gasteiger partial charge in [-0.05, 0) is 44.4 Å². The monoisotopic (exact) mass is 277 g/mol. The number of hydrogen-bond acceptors (Lipinski definition) is 4. The Morgan fingerprint density at radius 3 is 2.75 bits per heavy atom. The summed E-state index contributed by atoms with van der Waals surface area (Å²) in [4.78, 5) is 15.7. The Bertz CT molecular complexity index is 442. The largest absolute Gasteiger partial charge is 0.444 e. The van der Waals surface area contributed by atoms with Crippen molar-refractivity contribution in [1.82, 2.24) is 15.6 Å². The summed E-state index contributed by atoms with van der Waals surface area (Å²) in [7, 11) is 0. The molecule has 2 unspecified atom stereocenters. The predicted octanol–water partition coefficient (Wildman–Crippen LogP) is 1.91. The first-order valence-corrected chi connectivity index (χ1v) is 7.03. The summed E-state index contributed by atoms with van der Waals surface area (Å²) in [6, 6.07) is 4.08. The van der Waals surface area contributed by atoms with Crippen molar-refractivity contribution in [3.05, 3.63) is 30.1 Å². The van der Waals surface area contributed by atoms with Crippen LogP contribution in [0.1, 0.15) is 32.3 Å². The van der Waals surface area contributed by atoms with Crippen LogP contribution in [0.15, 0.2) is 24.5 Å². The third kappa shape index (κ3) is 4.20. The lowest BCUT2D eigenvalue weighted by Crippen LogP contribution is -2.36. The van der Waals surface area contributed by atoms with Crippen molar-refractivity contribution in [1.29, 1.82) is 0 Å². The highest BCUT2D eigenvalue weighted by atomic mass is 16.6. The number of alkyl carbamates (subject to hydrolysis) is 1. The third-order valence-corrected chi connectivity index (χ3v) is 3.38. The maximum atomic E-state index is 11.7. The molecule has 2 atom stereocenters. The molecule has 1 fully saturated rings. The highest BCUT2D eigenvalue weighted by Gasteiger charge is 2.29. The number of hydrogen-bond donors (Lipinski definition) is 2. The third-order valence-electron chi connectivity index (χ3n) is 3.38. The molecular weight excluding hydrogens is 254 g/mol. The van der Waals surface area contributed by atoms with Crippen molar-refractivity contribution in [3.63, 3.8) is 0 Å². The number of carbonyl (C=O) groups is 1. The summed E-state index contributed by atoms with van der Waals surface area (Å²) in [5, 5.41) is 6.24. The van der Waals surface area contributed by atoms with Crippen molar-refractivity contribution in [2.24, 2.45) is 5.92 Å². The summed E-state index contributed by atoms with van der Waals surface area (Å²) in [5.41, 5.74) is 0.809. The van der Waals surface area contributed by atoms with E-state index in [9.17, 15) is 4.79 Å². The Hall–Kier alpha value is -1.62. The smallest absolute Gasteiger partial charge is 0.407 e. The molecule has 0 aliphatic carbocycles. The number of carbonyl (C=O) groups excluding carboxylic acids is 1. The molecule has 1 aromatic heterocycles. The Morgan fingerprint density at radius 1 is 1.40 bits per heavy atom. The van der Waals surface area contributed by atoms with Crippen molar-refractivity contribution in [3.8, 4) is 0 Å². The van der Waals surface area contributed by atoms with Crippen LogP contribution < -0.4 is 10.6 Å². The summed E-state index contributed by atoms with van der Waals surface area (Å²) in [6.45, 7) is 8.05. The second-order valence-electron chi connectivity index (χ2n) is 6.19. The average Bonchev–Trinajstić information content (AvgIpc) is 2.83. The van der Waals surface area contributed by atoms with Crippen LogP contribution in [0, 0.1) is 5.92 Å². The number of rotatable bonds is 3. The number of nitrogens with one attached hydrogen (secondary N) is 2. The molecule has 2 heterocycles. The van der Waals surface area contributed by atoms with Crippen LogP contribution in [0.3, 0.4) is 0 Å². The van der Waals surface area contributed by atoms with Crippen molar-refractivity contribution < 1.29 is 9.53 Å². The number of ether oxygens (including phenoxy) is 1. The zero-order valence-electron chi connectivity index (χ0n) is 12.3. The van der Waals surface area contributed by atoms with Gasteiger partial charge in [0.2, 0.25) is 0 Å². The van der Waals surface area contributed by atoms with Gasteiger partial charge in [-0.1, -0.05) is 0 Å². The minimum atomic E-state index is -0.456. The SMILES string of the molecule is CC(C)(C)OC(=O)NCC1CNCC1c1ccncc1. The van der Waals surface area contributed by atoms with Crippen LogP contribution in [-0.2, 0) is 4.74 Å². The number of aromatic nitrogens is 1. The van der Waals surface area contributed by atoms with Gasteiger partial charge in [0.1, 0.15) is 5.60 Å². The molecule has 20 heavy (non-hydrogen) atoms. The summed E-state index contributed by atoms with van der Waals surface area (Å²) in [6.07, 6.45) is 3.27. The molecular formula is C15H23N3O2. The molecule has 1 amide bonds. The molecule has 0 radical (unpaired) electrons. The van der Waals surface area contributed by atoms with Crippen molar-refractivity contribution in [2.75, 3.05) is 19.6 Å². The van der Waals surface area contributed by atoms with Crippen LogP contribution in [0.5, 0.6) is 0 Å². The molecule has 0 saturated carbocycles. The lowest BCUT2D eigenvalue weighted by atomic mass is 9.89. The molecule has 2 rings (SSSR count). The molecule has 5 heteroatoms. The first-order chi connectivity index (χ1) is 9.46. The maximum absolute atomic E-state index is 11.7. The van der Waals surface area contributed by atoms with Gasteiger partial charge in [0, 0.05) is 37.9 Å². The summed E-state index contributed by atoms with van der Waals surface area (Å²) in [5.74, 6) is 0.790. The summed E-state index contributed by atoms with van der Waals surface area (Å²) < 4.78 is 5.26. The Balaban J connectivity index is 1.88. The van der Waals surface area contributed by atoms with Crippen LogP contribution in [0.2, 0.25) is 0 Å². The quantitative estimate of drug-likeness (QED) is 0.886. The van der Waals surface area contributed by atoms with E-state index in [0.29, 0.717) is 18.4 Å². The van der Waals surface area contributed by atoms with Crippen LogP contribution >= 0.6 is 0 Å². The van der Waals surface area contributed by atoms with Gasteiger partial charge in [-0.2, -0.15) is 0 Å². The van der Waals surface area contributed by atoms with Crippen LogP contribution in [0.4, 0.5) is 4.79 Å². The average molecular weight is 277 g/mol. The molecule has 110 valence electrons. The van der Waals surface area contributed by atoms with E-state index in [1.54, 1.807) is 0 Å². The highest BCUT2D eigenvalue weighted by molar-refractivity contribution is 5.67. The molecule has 1 aliphatic rings. The van der Waals surface area contributed by atoms with Gasteiger partial charge in [-0.3, -0.25) is 4.98 Å². The van der Waals surface area contributed by atoms with E-state index in [1.165, 1.54) is 5.56 Å². The lowest BCUT2D eigenvalue weighted by molar-refractivity contribution is 0.0519. The zero-order valence-corrected chi connectivity index (χ0v) is 12.3. The van der Waals surface area contributed by atoms with E-state index in [-0.39, 0.29) is 6.09 Å². The van der Waals surface area contributed by atoms with Crippen LogP contribution in [0.25, 0.3) is 0 Å². The standard InChI is InChI=1S/C15H23N3O2/c1-15(2,3)20-14(19)18-9-12-8-17-10-13(12)11-4-6-16-7-5-11/h4-7,12-13,17H,8-10H2,1-3H3,(H,18,19). The van der Waals surface area contributed by atoms with E-state index < -0.39 is 5.60 Å². The van der Waals surface area contributed by atoms with Gasteiger partial charge in [0.05, 0.1) is 0 Å². The Morgan fingerprint density at radius 2 is 2.10 bits per heavy atom. The van der Waals surface area contributed by atoms with Gasteiger partial charge in [0.25, 0.3) is 0 Å². The van der Waals surface area contributed by atoms with E-state index in [2.05, 4.69) is 15.6 Å². The Labute approximate surface area is 120 Å². The second kappa shape index (κ2) is 6.22. The van der Waals surface area contributed by atoms with Gasteiger partial charge in [-0.25, -0.2) is 4.79 Å². The van der Waals surface area contributed by atoms with E-state index in [1.807, 2.05) is 45.3 Å². The fourth-order valence-corrected chi connectivity index (χ4v) is 2.48. The molecule has 1 saturated heterocycles. The van der Waals surface area contributed by atoms with Gasteiger partial charge in [-0.15, -0.1) is 0 Å². The van der Waals surface area contributed by atoms with Gasteiger partial charge in [0.15, 0.2) is 0 Å². The fraction of sp³-hybridized carbons (Fsp3) is 0.600. The molecule has 0 aromatic carbocycles. The molecule has 1 aromatic rings. The van der Waals surface area contributed by atoms with Crippen LogP contribution in [-0.4, -0.2) is 36.3 Å². The van der Waals surface area contributed by atoms with E-state index in [4.69, 9.17) is 4.74 Å². The first-order valence-electron chi connectivity index (χ1n) is 7.03. The number of amides is 1. The van der Waals surface area contributed by atoms with Crippen molar-refractivity contribution >= 4 is 6.09 Å². The maximum Gasteiger partial charge on any atom is 0.407 e. The topological polar surface area (TPSA) is 63.2 Å².